The van der Waals surface area contributed by atoms with Gasteiger partial charge >= 0.3 is 0 Å². The molecular weight excluding hydrogens is 203 g/mol. The molecule has 2 N–H and O–H groups in total. The summed E-state index contributed by atoms with van der Waals surface area (Å²) in [6.45, 7) is 2.72. The van der Waals surface area contributed by atoms with E-state index in [0.717, 1.165) is 23.7 Å². The SMILES string of the molecule is CCc1c(CCN)c2cc(F)ccc2n1C. The zero-order valence-electron chi connectivity index (χ0n) is 9.76. The van der Waals surface area contributed by atoms with E-state index in [4.69, 9.17) is 5.73 Å². The first-order valence-corrected chi connectivity index (χ1v) is 5.64. The first-order chi connectivity index (χ1) is 7.69. The van der Waals surface area contributed by atoms with E-state index in [1.165, 1.54) is 17.3 Å². The number of hydrogen-bond acceptors (Lipinski definition) is 1. The Hall–Kier alpha value is -1.35. The van der Waals surface area contributed by atoms with E-state index in [0.29, 0.717) is 6.54 Å². The minimum absolute atomic E-state index is 0.181. The van der Waals surface area contributed by atoms with Gasteiger partial charge in [-0.15, -0.1) is 0 Å². The van der Waals surface area contributed by atoms with Gasteiger partial charge in [-0.05, 0) is 43.1 Å². The van der Waals surface area contributed by atoms with Crippen molar-refractivity contribution in [3.05, 3.63) is 35.3 Å². The van der Waals surface area contributed by atoms with Gasteiger partial charge in [0.1, 0.15) is 5.82 Å². The predicted octanol–water partition coefficient (Wildman–Crippen LogP) is 2.38. The standard InChI is InChI=1S/C13H17FN2/c1-3-12-10(6-7-15)11-8-9(14)4-5-13(11)16(12)2/h4-5,8H,3,6-7,15H2,1-2H3. The van der Waals surface area contributed by atoms with Gasteiger partial charge in [0.05, 0.1) is 0 Å². The van der Waals surface area contributed by atoms with E-state index in [1.807, 2.05) is 13.1 Å². The molecule has 0 aliphatic heterocycles. The van der Waals surface area contributed by atoms with Crippen molar-refractivity contribution in [3.8, 4) is 0 Å². The quantitative estimate of drug-likeness (QED) is 0.846. The average molecular weight is 220 g/mol. The van der Waals surface area contributed by atoms with Crippen molar-refractivity contribution in [2.24, 2.45) is 12.8 Å². The number of rotatable bonds is 3. The number of benzene rings is 1. The van der Waals surface area contributed by atoms with Crippen LogP contribution in [-0.2, 0) is 19.9 Å². The number of aromatic nitrogens is 1. The van der Waals surface area contributed by atoms with Gasteiger partial charge in [0, 0.05) is 23.6 Å². The van der Waals surface area contributed by atoms with Crippen molar-refractivity contribution in [2.45, 2.75) is 19.8 Å². The Morgan fingerprint density at radius 3 is 2.75 bits per heavy atom. The van der Waals surface area contributed by atoms with Crippen molar-refractivity contribution >= 4 is 10.9 Å². The maximum absolute atomic E-state index is 13.3. The van der Waals surface area contributed by atoms with E-state index in [1.54, 1.807) is 6.07 Å². The maximum Gasteiger partial charge on any atom is 0.123 e. The van der Waals surface area contributed by atoms with Crippen LogP contribution in [0.15, 0.2) is 18.2 Å². The maximum atomic E-state index is 13.3. The first kappa shape index (κ1) is 11.1. The molecule has 2 rings (SSSR count). The van der Waals surface area contributed by atoms with Crippen molar-refractivity contribution < 1.29 is 4.39 Å². The van der Waals surface area contributed by atoms with Gasteiger partial charge in [0.2, 0.25) is 0 Å². The van der Waals surface area contributed by atoms with Crippen LogP contribution in [0.4, 0.5) is 4.39 Å². The summed E-state index contributed by atoms with van der Waals surface area (Å²) in [4.78, 5) is 0. The molecule has 16 heavy (non-hydrogen) atoms. The fourth-order valence-electron chi connectivity index (χ4n) is 2.42. The van der Waals surface area contributed by atoms with Crippen LogP contribution in [0.1, 0.15) is 18.2 Å². The molecule has 86 valence electrons. The van der Waals surface area contributed by atoms with E-state index in [-0.39, 0.29) is 5.82 Å². The van der Waals surface area contributed by atoms with Crippen LogP contribution >= 0.6 is 0 Å². The van der Waals surface area contributed by atoms with Gasteiger partial charge in [-0.3, -0.25) is 0 Å². The Bertz CT molecular complexity index is 514. The molecule has 1 aromatic carbocycles. The third-order valence-corrected chi connectivity index (χ3v) is 3.13. The highest BCUT2D eigenvalue weighted by Gasteiger charge is 2.13. The number of nitrogens with two attached hydrogens (primary N) is 1. The van der Waals surface area contributed by atoms with E-state index in [9.17, 15) is 4.39 Å². The summed E-state index contributed by atoms with van der Waals surface area (Å²) < 4.78 is 15.4. The summed E-state index contributed by atoms with van der Waals surface area (Å²) in [5.41, 5.74) is 9.16. The molecule has 0 amide bonds. The highest BCUT2D eigenvalue weighted by Crippen LogP contribution is 2.26. The molecule has 0 bridgehead atoms. The predicted molar refractivity (Wildman–Crippen MR) is 65.0 cm³/mol. The molecule has 0 aliphatic carbocycles. The second kappa shape index (κ2) is 4.26. The van der Waals surface area contributed by atoms with E-state index < -0.39 is 0 Å². The van der Waals surface area contributed by atoms with E-state index in [2.05, 4.69) is 11.5 Å². The Morgan fingerprint density at radius 2 is 2.12 bits per heavy atom. The van der Waals surface area contributed by atoms with Crippen LogP contribution in [0.5, 0.6) is 0 Å². The monoisotopic (exact) mass is 220 g/mol. The zero-order chi connectivity index (χ0) is 11.7. The fraction of sp³-hybridized carbons (Fsp3) is 0.385. The van der Waals surface area contributed by atoms with Gasteiger partial charge < -0.3 is 10.3 Å². The van der Waals surface area contributed by atoms with Gasteiger partial charge in [0.25, 0.3) is 0 Å². The number of nitrogens with zero attached hydrogens (tertiary/aromatic N) is 1. The summed E-state index contributed by atoms with van der Waals surface area (Å²) in [5.74, 6) is -0.181. The largest absolute Gasteiger partial charge is 0.347 e. The molecule has 0 atom stereocenters. The second-order valence-electron chi connectivity index (χ2n) is 4.04. The molecule has 0 saturated carbocycles. The summed E-state index contributed by atoms with van der Waals surface area (Å²) in [7, 11) is 2.03. The molecule has 0 aliphatic rings. The highest BCUT2D eigenvalue weighted by molar-refractivity contribution is 5.85. The molecule has 0 spiro atoms. The Kier molecular flexibility index (Phi) is 2.97. The van der Waals surface area contributed by atoms with Crippen LogP contribution in [0.3, 0.4) is 0 Å². The lowest BCUT2D eigenvalue weighted by Crippen LogP contribution is -2.05. The lowest BCUT2D eigenvalue weighted by Gasteiger charge is -2.03. The van der Waals surface area contributed by atoms with Crippen LogP contribution in [-0.4, -0.2) is 11.1 Å². The molecule has 2 nitrogen and oxygen atoms in total. The third kappa shape index (κ3) is 1.61. The van der Waals surface area contributed by atoms with Gasteiger partial charge in [-0.1, -0.05) is 6.92 Å². The number of fused-ring (bicyclic) bond motifs is 1. The van der Waals surface area contributed by atoms with Crippen LogP contribution in [0.25, 0.3) is 10.9 Å². The summed E-state index contributed by atoms with van der Waals surface area (Å²) in [6.07, 6.45) is 1.76. The van der Waals surface area contributed by atoms with Crippen LogP contribution in [0, 0.1) is 5.82 Å². The first-order valence-electron chi connectivity index (χ1n) is 5.64. The van der Waals surface area contributed by atoms with Crippen molar-refractivity contribution in [1.29, 1.82) is 0 Å². The minimum atomic E-state index is -0.181. The lowest BCUT2D eigenvalue weighted by molar-refractivity contribution is 0.629. The second-order valence-corrected chi connectivity index (χ2v) is 4.04. The van der Waals surface area contributed by atoms with Gasteiger partial charge in [-0.25, -0.2) is 4.39 Å². The number of hydrogen-bond donors (Lipinski definition) is 1. The zero-order valence-corrected chi connectivity index (χ0v) is 9.76. The summed E-state index contributed by atoms with van der Waals surface area (Å²) >= 11 is 0. The van der Waals surface area contributed by atoms with Crippen molar-refractivity contribution in [3.63, 3.8) is 0 Å². The van der Waals surface area contributed by atoms with Crippen molar-refractivity contribution in [1.82, 2.24) is 4.57 Å². The van der Waals surface area contributed by atoms with E-state index >= 15 is 0 Å². The Labute approximate surface area is 94.9 Å². The molecule has 3 heteroatoms. The molecule has 1 aromatic heterocycles. The lowest BCUT2D eigenvalue weighted by atomic mass is 10.1. The number of aryl methyl sites for hydroxylation is 1. The molecule has 0 unspecified atom stereocenters. The van der Waals surface area contributed by atoms with Crippen LogP contribution < -0.4 is 5.73 Å². The molecule has 2 aromatic rings. The van der Waals surface area contributed by atoms with Gasteiger partial charge in [-0.2, -0.15) is 0 Å². The summed E-state index contributed by atoms with van der Waals surface area (Å²) in [6, 6.07) is 4.96. The topological polar surface area (TPSA) is 30.9 Å². The molecule has 1 heterocycles. The average Bonchev–Trinajstić information content (AvgIpc) is 2.52. The fourth-order valence-corrected chi connectivity index (χ4v) is 2.42. The van der Waals surface area contributed by atoms with Crippen molar-refractivity contribution in [2.75, 3.05) is 6.54 Å². The minimum Gasteiger partial charge on any atom is -0.347 e. The summed E-state index contributed by atoms with van der Waals surface area (Å²) in [5, 5.41) is 1.00. The molecular formula is C13H17FN2. The number of halogens is 1. The highest BCUT2D eigenvalue weighted by atomic mass is 19.1. The Balaban J connectivity index is 2.76. The molecule has 0 fully saturated rings. The smallest absolute Gasteiger partial charge is 0.123 e. The van der Waals surface area contributed by atoms with Crippen LogP contribution in [0.2, 0.25) is 0 Å². The normalized spacial score (nSPS) is 11.2. The molecule has 0 radical (unpaired) electrons. The molecule has 0 saturated heterocycles. The Morgan fingerprint density at radius 1 is 1.38 bits per heavy atom. The third-order valence-electron chi connectivity index (χ3n) is 3.13. The van der Waals surface area contributed by atoms with Gasteiger partial charge in [0.15, 0.2) is 0 Å².